The first-order valence-corrected chi connectivity index (χ1v) is 41.1. The van der Waals surface area contributed by atoms with E-state index in [0.717, 1.165) is 102 Å². The second-order valence-corrected chi connectivity index (χ2v) is 29.7. The normalized spacial score (nSPS) is 14.0. The summed E-state index contributed by atoms with van der Waals surface area (Å²) in [4.78, 5) is 72.6. The van der Waals surface area contributed by atoms with Crippen LogP contribution in [-0.2, 0) is 65.4 Å². The van der Waals surface area contributed by atoms with Gasteiger partial charge in [-0.2, -0.15) is 0 Å². The molecule has 5 atom stereocenters. The third-order valence-corrected chi connectivity index (χ3v) is 18.9. The third-order valence-electron chi connectivity index (χ3n) is 17.0. The van der Waals surface area contributed by atoms with Crippen LogP contribution in [0.3, 0.4) is 0 Å². The smallest absolute Gasteiger partial charge is 0.462 e. The lowest BCUT2D eigenvalue weighted by Gasteiger charge is -2.21. The number of carbonyl (C=O) groups excluding carboxylic acids is 4. The van der Waals surface area contributed by atoms with Gasteiger partial charge in [0, 0.05) is 25.7 Å². The van der Waals surface area contributed by atoms with Crippen molar-refractivity contribution in [3.8, 4) is 0 Å². The number of esters is 4. The van der Waals surface area contributed by atoms with Crippen LogP contribution in [0, 0.1) is 5.92 Å². The largest absolute Gasteiger partial charge is 0.472 e. The summed E-state index contributed by atoms with van der Waals surface area (Å²) in [5.74, 6) is -1.37. The van der Waals surface area contributed by atoms with Crippen molar-refractivity contribution in [2.45, 2.75) is 400 Å². The van der Waals surface area contributed by atoms with Crippen molar-refractivity contribution in [2.75, 3.05) is 39.6 Å². The zero-order valence-electron chi connectivity index (χ0n) is 59.7. The fourth-order valence-electron chi connectivity index (χ4n) is 11.2. The number of aliphatic hydroxyl groups excluding tert-OH is 1. The fourth-order valence-corrected chi connectivity index (χ4v) is 12.8. The average molecular weight is 1350 g/mol. The molecular weight excluding hydrogens is 1210 g/mol. The Hall–Kier alpha value is -1.94. The van der Waals surface area contributed by atoms with E-state index >= 15 is 0 Å². The highest BCUT2D eigenvalue weighted by atomic mass is 31.2. The summed E-state index contributed by atoms with van der Waals surface area (Å²) in [5.41, 5.74) is 0. The van der Waals surface area contributed by atoms with Crippen molar-refractivity contribution >= 4 is 39.5 Å². The first kappa shape index (κ1) is 90.1. The zero-order chi connectivity index (χ0) is 67.7. The monoisotopic (exact) mass is 1350 g/mol. The standard InChI is InChI=1S/C73H142O17P2/c1-6-9-12-15-18-21-23-25-27-29-31-33-38-43-48-53-58-72(77)90-69(63-84-71(76)57-52-47-42-37-32-30-28-26-24-22-19-16-13-10-7-2)65-88-92(81,82)86-61-67(74)60-85-91(79,80)87-64-68(62-83-70(75)56-51-46-41-20-17-14-11-8-3)89-73(78)59-54-49-44-39-35-34-36-40-45-50-55-66(4)5/h66-69,74H,6-65H2,1-5H3,(H,79,80)(H,81,82)/t67-,68+,69+/m0/s1. The van der Waals surface area contributed by atoms with Gasteiger partial charge in [-0.1, -0.05) is 330 Å². The van der Waals surface area contributed by atoms with Crippen molar-refractivity contribution in [1.82, 2.24) is 0 Å². The van der Waals surface area contributed by atoms with E-state index in [4.69, 9.17) is 37.0 Å². The molecule has 0 radical (unpaired) electrons. The number of aliphatic hydroxyl groups is 1. The molecule has 0 saturated carbocycles. The van der Waals surface area contributed by atoms with Crippen molar-refractivity contribution in [1.29, 1.82) is 0 Å². The van der Waals surface area contributed by atoms with E-state index in [1.54, 1.807) is 0 Å². The highest BCUT2D eigenvalue weighted by Crippen LogP contribution is 2.45. The van der Waals surface area contributed by atoms with Crippen LogP contribution in [0.1, 0.15) is 381 Å². The summed E-state index contributed by atoms with van der Waals surface area (Å²) >= 11 is 0. The number of hydrogen-bond donors (Lipinski definition) is 3. The lowest BCUT2D eigenvalue weighted by atomic mass is 10.0. The molecule has 17 nitrogen and oxygen atoms in total. The molecule has 0 amide bonds. The van der Waals surface area contributed by atoms with Crippen molar-refractivity contribution in [2.24, 2.45) is 5.92 Å². The van der Waals surface area contributed by atoms with Crippen molar-refractivity contribution < 1.29 is 80.2 Å². The summed E-state index contributed by atoms with van der Waals surface area (Å²) in [6.07, 6.45) is 54.1. The molecule has 0 saturated heterocycles. The Bertz CT molecular complexity index is 1770. The SMILES string of the molecule is CCCCCCCCCCCCCCCCCCC(=O)O[C@H](COC(=O)CCCCCCCCCCCCCCCCC)COP(=O)(O)OC[C@@H](O)COP(=O)(O)OC[C@@H](COC(=O)CCCCCCCCCC)OC(=O)CCCCCCCCCCCCC(C)C. The Kier molecular flexibility index (Phi) is 64.9. The predicted molar refractivity (Wildman–Crippen MR) is 372 cm³/mol. The molecule has 2 unspecified atom stereocenters. The molecule has 0 aliphatic rings. The summed E-state index contributed by atoms with van der Waals surface area (Å²) in [6.45, 7) is 7.24. The van der Waals surface area contributed by atoms with E-state index in [-0.39, 0.29) is 25.7 Å². The topological polar surface area (TPSA) is 237 Å². The number of phosphoric acid groups is 2. The van der Waals surface area contributed by atoms with Gasteiger partial charge in [-0.15, -0.1) is 0 Å². The molecule has 0 aliphatic carbocycles. The fraction of sp³-hybridized carbons (Fsp3) is 0.945. The van der Waals surface area contributed by atoms with Gasteiger partial charge in [0.15, 0.2) is 12.2 Å². The van der Waals surface area contributed by atoms with Gasteiger partial charge in [-0.25, -0.2) is 9.13 Å². The van der Waals surface area contributed by atoms with E-state index in [1.807, 2.05) is 0 Å². The number of hydrogen-bond acceptors (Lipinski definition) is 15. The van der Waals surface area contributed by atoms with Gasteiger partial charge in [-0.3, -0.25) is 37.3 Å². The quantitative estimate of drug-likeness (QED) is 0.0222. The van der Waals surface area contributed by atoms with Crippen LogP contribution in [0.2, 0.25) is 0 Å². The summed E-state index contributed by atoms with van der Waals surface area (Å²) in [6, 6.07) is 0. The number of phosphoric ester groups is 2. The molecule has 0 spiro atoms. The highest BCUT2D eigenvalue weighted by molar-refractivity contribution is 7.47. The first-order chi connectivity index (χ1) is 44.5. The van der Waals surface area contributed by atoms with Crippen LogP contribution in [0.15, 0.2) is 0 Å². The zero-order valence-corrected chi connectivity index (χ0v) is 61.5. The Morgan fingerprint density at radius 3 is 0.739 bits per heavy atom. The minimum absolute atomic E-state index is 0.106. The number of rotatable bonds is 73. The Labute approximate surface area is 562 Å². The maximum Gasteiger partial charge on any atom is 0.472 e. The van der Waals surface area contributed by atoms with Crippen LogP contribution >= 0.6 is 15.6 Å². The molecule has 3 N–H and O–H groups in total. The van der Waals surface area contributed by atoms with Gasteiger partial charge in [0.05, 0.1) is 26.4 Å². The molecule has 92 heavy (non-hydrogen) atoms. The summed E-state index contributed by atoms with van der Waals surface area (Å²) < 4.78 is 68.4. The molecule has 0 aromatic rings. The number of carbonyl (C=O) groups is 4. The molecule has 0 heterocycles. The maximum absolute atomic E-state index is 13.1. The lowest BCUT2D eigenvalue weighted by Crippen LogP contribution is -2.30. The van der Waals surface area contributed by atoms with E-state index in [9.17, 15) is 43.2 Å². The third kappa shape index (κ3) is 66.7. The summed E-state index contributed by atoms with van der Waals surface area (Å²) in [7, 11) is -9.90. The predicted octanol–water partition coefficient (Wildman–Crippen LogP) is 21.3. The minimum atomic E-state index is -4.95. The Morgan fingerprint density at radius 1 is 0.293 bits per heavy atom. The molecule has 0 rings (SSSR count). The maximum atomic E-state index is 13.1. The molecule has 0 aromatic heterocycles. The van der Waals surface area contributed by atoms with E-state index < -0.39 is 97.5 Å². The van der Waals surface area contributed by atoms with Crippen LogP contribution < -0.4 is 0 Å². The van der Waals surface area contributed by atoms with Gasteiger partial charge in [-0.05, 0) is 31.6 Å². The molecular formula is C73H142O17P2. The van der Waals surface area contributed by atoms with Crippen LogP contribution in [0.4, 0.5) is 0 Å². The van der Waals surface area contributed by atoms with Gasteiger partial charge < -0.3 is 33.8 Å². The molecule has 0 bridgehead atoms. The van der Waals surface area contributed by atoms with Crippen LogP contribution in [-0.4, -0.2) is 96.7 Å². The van der Waals surface area contributed by atoms with E-state index in [1.165, 1.54) is 199 Å². The molecule has 546 valence electrons. The summed E-state index contributed by atoms with van der Waals surface area (Å²) in [5, 5.41) is 10.6. The molecule has 0 fully saturated rings. The second-order valence-electron chi connectivity index (χ2n) is 26.8. The van der Waals surface area contributed by atoms with Gasteiger partial charge in [0.1, 0.15) is 19.3 Å². The Balaban J connectivity index is 5.22. The minimum Gasteiger partial charge on any atom is -0.462 e. The second kappa shape index (κ2) is 66.3. The lowest BCUT2D eigenvalue weighted by molar-refractivity contribution is -0.161. The van der Waals surface area contributed by atoms with Crippen LogP contribution in [0.5, 0.6) is 0 Å². The number of unbranched alkanes of at least 4 members (excludes halogenated alkanes) is 45. The molecule has 19 heteroatoms. The van der Waals surface area contributed by atoms with E-state index in [0.29, 0.717) is 25.7 Å². The molecule has 0 aromatic carbocycles. The Morgan fingerprint density at radius 2 is 0.500 bits per heavy atom. The van der Waals surface area contributed by atoms with Crippen LogP contribution in [0.25, 0.3) is 0 Å². The van der Waals surface area contributed by atoms with Gasteiger partial charge in [0.25, 0.3) is 0 Å². The van der Waals surface area contributed by atoms with Gasteiger partial charge in [0.2, 0.25) is 0 Å². The first-order valence-electron chi connectivity index (χ1n) is 38.1. The van der Waals surface area contributed by atoms with Crippen molar-refractivity contribution in [3.63, 3.8) is 0 Å². The average Bonchev–Trinajstić information content (AvgIpc) is 1.89. The van der Waals surface area contributed by atoms with Crippen molar-refractivity contribution in [3.05, 3.63) is 0 Å². The van der Waals surface area contributed by atoms with Gasteiger partial charge >= 0.3 is 39.5 Å². The number of ether oxygens (including phenoxy) is 4. The highest BCUT2D eigenvalue weighted by Gasteiger charge is 2.30. The van der Waals surface area contributed by atoms with E-state index in [2.05, 4.69) is 34.6 Å². The molecule has 0 aliphatic heterocycles.